The molecule has 1 aliphatic carbocycles. The van der Waals surface area contributed by atoms with Crippen molar-refractivity contribution in [1.82, 2.24) is 0 Å². The van der Waals surface area contributed by atoms with Gasteiger partial charge in [0.2, 0.25) is 0 Å². The molecule has 0 heterocycles. The maximum atomic E-state index is 9.61. The van der Waals surface area contributed by atoms with Crippen LogP contribution in [0, 0.1) is 11.3 Å². The molecule has 56 valence electrons. The predicted octanol–water partition coefficient (Wildman–Crippen LogP) is 1.88. The number of rotatable bonds is 0. The van der Waals surface area contributed by atoms with Crippen molar-refractivity contribution in [1.29, 1.82) is 0 Å². The summed E-state index contributed by atoms with van der Waals surface area (Å²) in [6.45, 7) is 0. The van der Waals surface area contributed by atoms with Crippen molar-refractivity contribution in [2.75, 3.05) is 0 Å². The van der Waals surface area contributed by atoms with E-state index in [0.717, 1.165) is 25.7 Å². The summed E-state index contributed by atoms with van der Waals surface area (Å²) in [6.07, 6.45) is 4.93. The van der Waals surface area contributed by atoms with Gasteiger partial charge in [0, 0.05) is 5.38 Å². The highest BCUT2D eigenvalue weighted by Gasteiger charge is 2.26. The zero-order chi connectivity index (χ0) is 7.45. The molecule has 0 amide bonds. The minimum atomic E-state index is -0.764. The monoisotopic (exact) mass is 158 g/mol. The van der Waals surface area contributed by atoms with Crippen molar-refractivity contribution in [3.63, 3.8) is 0 Å². The van der Waals surface area contributed by atoms with E-state index in [1.54, 1.807) is 0 Å². The average Bonchev–Trinajstić information content (AvgIpc) is 1.89. The van der Waals surface area contributed by atoms with Crippen LogP contribution in [0.1, 0.15) is 32.1 Å². The Hall–Kier alpha value is -0.190. The van der Waals surface area contributed by atoms with Gasteiger partial charge in [-0.3, -0.25) is 0 Å². The predicted molar refractivity (Wildman–Crippen MR) is 41.7 cm³/mol. The highest BCUT2D eigenvalue weighted by Crippen LogP contribution is 2.26. The molecule has 0 bridgehead atoms. The SMILES string of the molecule is OC1(C#CCl)CCCCC1. The third-order valence-corrected chi connectivity index (χ3v) is 2.06. The first-order valence-corrected chi connectivity index (χ1v) is 4.00. The third-order valence-electron chi connectivity index (χ3n) is 1.96. The fraction of sp³-hybridized carbons (Fsp3) is 0.750. The number of hydrogen-bond donors (Lipinski definition) is 1. The first-order chi connectivity index (χ1) is 4.77. The fourth-order valence-corrected chi connectivity index (χ4v) is 1.53. The second-order valence-electron chi connectivity index (χ2n) is 2.81. The molecular formula is C8H11ClO. The van der Waals surface area contributed by atoms with Crippen LogP contribution in [0.25, 0.3) is 0 Å². The van der Waals surface area contributed by atoms with E-state index in [9.17, 15) is 5.11 Å². The van der Waals surface area contributed by atoms with Crippen LogP contribution in [-0.2, 0) is 0 Å². The molecule has 1 saturated carbocycles. The summed E-state index contributed by atoms with van der Waals surface area (Å²) < 4.78 is 0. The maximum absolute atomic E-state index is 9.61. The summed E-state index contributed by atoms with van der Waals surface area (Å²) in [6, 6.07) is 0. The molecule has 1 rings (SSSR count). The Morgan fingerprint density at radius 2 is 1.80 bits per heavy atom. The van der Waals surface area contributed by atoms with Gasteiger partial charge in [-0.25, -0.2) is 0 Å². The van der Waals surface area contributed by atoms with Crippen LogP contribution in [0.3, 0.4) is 0 Å². The van der Waals surface area contributed by atoms with Gasteiger partial charge >= 0.3 is 0 Å². The van der Waals surface area contributed by atoms with Gasteiger partial charge in [0.1, 0.15) is 5.60 Å². The normalized spacial score (nSPS) is 23.0. The fourth-order valence-electron chi connectivity index (χ4n) is 1.35. The highest BCUT2D eigenvalue weighted by molar-refractivity contribution is 6.30. The van der Waals surface area contributed by atoms with Gasteiger partial charge < -0.3 is 5.11 Å². The Morgan fingerprint density at radius 3 is 2.30 bits per heavy atom. The zero-order valence-corrected chi connectivity index (χ0v) is 6.62. The lowest BCUT2D eigenvalue weighted by Crippen LogP contribution is -2.28. The first kappa shape index (κ1) is 7.91. The van der Waals surface area contributed by atoms with Crippen molar-refractivity contribution in [2.45, 2.75) is 37.7 Å². The van der Waals surface area contributed by atoms with Gasteiger partial charge in [-0.05, 0) is 37.3 Å². The van der Waals surface area contributed by atoms with E-state index >= 15 is 0 Å². The zero-order valence-electron chi connectivity index (χ0n) is 5.86. The molecule has 2 heteroatoms. The minimum Gasteiger partial charge on any atom is -0.378 e. The van der Waals surface area contributed by atoms with Gasteiger partial charge in [0.25, 0.3) is 0 Å². The molecule has 0 atom stereocenters. The van der Waals surface area contributed by atoms with Crippen LogP contribution in [0.2, 0.25) is 0 Å². The molecule has 0 radical (unpaired) electrons. The molecule has 0 unspecified atom stereocenters. The largest absolute Gasteiger partial charge is 0.378 e. The Bertz CT molecular complexity index is 160. The molecule has 0 aliphatic heterocycles. The summed E-state index contributed by atoms with van der Waals surface area (Å²) in [5.74, 6) is 2.63. The van der Waals surface area contributed by atoms with Crippen LogP contribution in [0.4, 0.5) is 0 Å². The lowest BCUT2D eigenvalue weighted by atomic mass is 9.86. The van der Waals surface area contributed by atoms with Crippen molar-refractivity contribution in [2.24, 2.45) is 0 Å². The molecular weight excluding hydrogens is 148 g/mol. The molecule has 1 fully saturated rings. The molecule has 0 aromatic rings. The van der Waals surface area contributed by atoms with E-state index < -0.39 is 5.60 Å². The summed E-state index contributed by atoms with van der Waals surface area (Å²) >= 11 is 5.20. The summed E-state index contributed by atoms with van der Waals surface area (Å²) in [7, 11) is 0. The lowest BCUT2D eigenvalue weighted by Gasteiger charge is -2.26. The van der Waals surface area contributed by atoms with E-state index in [1.807, 2.05) is 0 Å². The maximum Gasteiger partial charge on any atom is 0.126 e. The third kappa shape index (κ3) is 1.90. The molecule has 0 aromatic heterocycles. The van der Waals surface area contributed by atoms with Crippen LogP contribution in [0.5, 0.6) is 0 Å². The molecule has 1 N–H and O–H groups in total. The van der Waals surface area contributed by atoms with Crippen molar-refractivity contribution in [3.05, 3.63) is 0 Å². The van der Waals surface area contributed by atoms with Gasteiger partial charge in [-0.2, -0.15) is 0 Å². The molecule has 0 aromatic carbocycles. The van der Waals surface area contributed by atoms with Crippen molar-refractivity contribution in [3.8, 4) is 11.3 Å². The van der Waals surface area contributed by atoms with Crippen molar-refractivity contribution < 1.29 is 5.11 Å². The Labute approximate surface area is 66.4 Å². The molecule has 1 aliphatic rings. The Morgan fingerprint density at radius 1 is 1.20 bits per heavy atom. The highest BCUT2D eigenvalue weighted by atomic mass is 35.5. The first-order valence-electron chi connectivity index (χ1n) is 3.62. The number of halogens is 1. The van der Waals surface area contributed by atoms with Gasteiger partial charge in [-0.15, -0.1) is 0 Å². The van der Waals surface area contributed by atoms with E-state index in [4.69, 9.17) is 11.6 Å². The van der Waals surface area contributed by atoms with Crippen LogP contribution in [-0.4, -0.2) is 10.7 Å². The summed E-state index contributed by atoms with van der Waals surface area (Å²) in [5, 5.41) is 11.9. The van der Waals surface area contributed by atoms with Crippen LogP contribution in [0.15, 0.2) is 0 Å². The lowest BCUT2D eigenvalue weighted by molar-refractivity contribution is 0.0611. The second kappa shape index (κ2) is 3.27. The Kier molecular flexibility index (Phi) is 2.59. The van der Waals surface area contributed by atoms with Gasteiger partial charge in [0.05, 0.1) is 0 Å². The van der Waals surface area contributed by atoms with E-state index in [1.165, 1.54) is 6.42 Å². The van der Waals surface area contributed by atoms with Crippen LogP contribution >= 0.6 is 11.6 Å². The van der Waals surface area contributed by atoms with Crippen molar-refractivity contribution >= 4 is 11.6 Å². The second-order valence-corrected chi connectivity index (χ2v) is 3.00. The van der Waals surface area contributed by atoms with E-state index in [2.05, 4.69) is 11.3 Å². The minimum absolute atomic E-state index is 0.764. The molecule has 0 saturated heterocycles. The van der Waals surface area contributed by atoms with Gasteiger partial charge in [-0.1, -0.05) is 12.3 Å². The quantitative estimate of drug-likeness (QED) is 0.534. The molecule has 0 spiro atoms. The van der Waals surface area contributed by atoms with Gasteiger partial charge in [0.15, 0.2) is 0 Å². The number of hydrogen-bond acceptors (Lipinski definition) is 1. The van der Waals surface area contributed by atoms with E-state index in [-0.39, 0.29) is 0 Å². The topological polar surface area (TPSA) is 20.2 Å². The number of aliphatic hydroxyl groups is 1. The average molecular weight is 159 g/mol. The molecule has 10 heavy (non-hydrogen) atoms. The van der Waals surface area contributed by atoms with E-state index in [0.29, 0.717) is 0 Å². The summed E-state index contributed by atoms with van der Waals surface area (Å²) in [5.41, 5.74) is -0.764. The smallest absolute Gasteiger partial charge is 0.126 e. The standard InChI is InChI=1S/C8H11ClO/c9-7-6-8(10)4-2-1-3-5-8/h10H,1-5H2. The Balaban J connectivity index is 2.53. The molecule has 1 nitrogen and oxygen atoms in total. The van der Waals surface area contributed by atoms with Crippen LogP contribution < -0.4 is 0 Å². The summed E-state index contributed by atoms with van der Waals surface area (Å²) in [4.78, 5) is 0.